The molecule has 126 valence electrons. The van der Waals surface area contributed by atoms with Crippen molar-refractivity contribution in [3.63, 3.8) is 0 Å². The summed E-state index contributed by atoms with van der Waals surface area (Å²) in [5.74, 6) is -1.10. The van der Waals surface area contributed by atoms with Crippen molar-refractivity contribution >= 4 is 29.3 Å². The molecule has 1 aliphatic heterocycles. The van der Waals surface area contributed by atoms with Crippen molar-refractivity contribution < 1.29 is 14.0 Å². The number of benzene rings is 1. The first-order chi connectivity index (χ1) is 11.5. The van der Waals surface area contributed by atoms with Gasteiger partial charge in [-0.3, -0.25) is 9.59 Å². The number of anilines is 1. The first-order valence-corrected chi connectivity index (χ1v) is 8.25. The van der Waals surface area contributed by atoms with E-state index in [0.717, 1.165) is 0 Å². The van der Waals surface area contributed by atoms with Crippen LogP contribution in [0.4, 0.5) is 10.1 Å². The Bertz CT molecular complexity index is 780. The van der Waals surface area contributed by atoms with Crippen molar-refractivity contribution in [1.29, 1.82) is 0 Å². The summed E-state index contributed by atoms with van der Waals surface area (Å²) in [5.41, 5.74) is 0.976. The van der Waals surface area contributed by atoms with Gasteiger partial charge < -0.3 is 10.6 Å². The highest BCUT2D eigenvalue weighted by Crippen LogP contribution is 2.32. The van der Waals surface area contributed by atoms with E-state index in [1.54, 1.807) is 7.05 Å². The molecule has 1 aliphatic rings. The second kappa shape index (κ2) is 6.95. The van der Waals surface area contributed by atoms with E-state index >= 15 is 0 Å². The van der Waals surface area contributed by atoms with Gasteiger partial charge >= 0.3 is 0 Å². The molecule has 3 rings (SSSR count). The standard InChI is InChI=1S/C14H15FN6O2S/c1-21-14(18-19-20-21)24-5-4-16-13(23)10-7-12(22)17-11-3-2-8(15)6-9(10)11/h2-3,6,10H,4-5,7H2,1H3,(H,16,23)(H,17,22)/t10-/m0/s1. The maximum atomic E-state index is 13.5. The molecule has 2 heterocycles. The van der Waals surface area contributed by atoms with Gasteiger partial charge in [0.1, 0.15) is 5.82 Å². The zero-order chi connectivity index (χ0) is 17.1. The average molecular weight is 350 g/mol. The minimum Gasteiger partial charge on any atom is -0.355 e. The lowest BCUT2D eigenvalue weighted by Gasteiger charge is -2.24. The molecule has 0 bridgehead atoms. The molecule has 10 heteroatoms. The summed E-state index contributed by atoms with van der Waals surface area (Å²) < 4.78 is 15.0. The molecule has 8 nitrogen and oxygen atoms in total. The maximum Gasteiger partial charge on any atom is 0.228 e. The third kappa shape index (κ3) is 3.53. The van der Waals surface area contributed by atoms with Gasteiger partial charge in [0.15, 0.2) is 0 Å². The van der Waals surface area contributed by atoms with Crippen molar-refractivity contribution in [3.05, 3.63) is 29.6 Å². The van der Waals surface area contributed by atoms with Crippen LogP contribution in [-0.4, -0.2) is 44.3 Å². The number of amides is 2. The Hall–Kier alpha value is -2.49. The topological polar surface area (TPSA) is 102 Å². The molecular weight excluding hydrogens is 335 g/mol. The molecule has 2 amide bonds. The predicted molar refractivity (Wildman–Crippen MR) is 84.9 cm³/mol. The zero-order valence-corrected chi connectivity index (χ0v) is 13.6. The van der Waals surface area contributed by atoms with E-state index in [1.165, 1.54) is 34.6 Å². The molecule has 2 aromatic rings. The lowest BCUT2D eigenvalue weighted by Crippen LogP contribution is -2.36. The summed E-state index contributed by atoms with van der Waals surface area (Å²) in [6.07, 6.45) is 0.00261. The number of aromatic nitrogens is 4. The van der Waals surface area contributed by atoms with Crippen molar-refractivity contribution in [2.75, 3.05) is 17.6 Å². The SMILES string of the molecule is Cn1nnnc1SCCNC(=O)[C@H]1CC(=O)Nc2ccc(F)cc21. The minimum absolute atomic E-state index is 0.00261. The third-order valence-corrected chi connectivity index (χ3v) is 4.60. The Morgan fingerprint density at radius 2 is 2.38 bits per heavy atom. The highest BCUT2D eigenvalue weighted by atomic mass is 32.2. The van der Waals surface area contributed by atoms with Gasteiger partial charge in [-0.1, -0.05) is 11.8 Å². The molecule has 0 aliphatic carbocycles. The normalized spacial score (nSPS) is 16.4. The molecule has 0 unspecified atom stereocenters. The Morgan fingerprint density at radius 3 is 3.12 bits per heavy atom. The summed E-state index contributed by atoms with van der Waals surface area (Å²) in [6.45, 7) is 0.388. The molecule has 0 radical (unpaired) electrons. The number of carbonyl (C=O) groups is 2. The first-order valence-electron chi connectivity index (χ1n) is 7.27. The smallest absolute Gasteiger partial charge is 0.228 e. The van der Waals surface area contributed by atoms with Crippen LogP contribution in [0.25, 0.3) is 0 Å². The summed E-state index contributed by atoms with van der Waals surface area (Å²) in [4.78, 5) is 24.1. The maximum absolute atomic E-state index is 13.5. The van der Waals surface area contributed by atoms with Gasteiger partial charge in [0.05, 0.1) is 5.92 Å². The van der Waals surface area contributed by atoms with Crippen LogP contribution in [0.1, 0.15) is 17.9 Å². The van der Waals surface area contributed by atoms with Crippen LogP contribution >= 0.6 is 11.8 Å². The minimum atomic E-state index is -0.689. The molecule has 2 N–H and O–H groups in total. The van der Waals surface area contributed by atoms with Gasteiger partial charge in [-0.15, -0.1) is 5.10 Å². The highest BCUT2D eigenvalue weighted by molar-refractivity contribution is 7.99. The van der Waals surface area contributed by atoms with Crippen LogP contribution < -0.4 is 10.6 Å². The number of hydrogen-bond donors (Lipinski definition) is 2. The Labute approximate surface area is 141 Å². The van der Waals surface area contributed by atoms with E-state index in [2.05, 4.69) is 26.2 Å². The van der Waals surface area contributed by atoms with Crippen molar-refractivity contribution in [1.82, 2.24) is 25.5 Å². The van der Waals surface area contributed by atoms with E-state index in [-0.39, 0.29) is 18.2 Å². The number of fused-ring (bicyclic) bond motifs is 1. The summed E-state index contributed by atoms with van der Waals surface area (Å²) in [6, 6.07) is 4.02. The molecule has 0 saturated heterocycles. The molecule has 0 fully saturated rings. The summed E-state index contributed by atoms with van der Waals surface area (Å²) in [5, 5.41) is 17.1. The van der Waals surface area contributed by atoms with Gasteiger partial charge in [-0.25, -0.2) is 9.07 Å². The number of thioether (sulfide) groups is 1. The largest absolute Gasteiger partial charge is 0.355 e. The average Bonchev–Trinajstić information content (AvgIpc) is 2.96. The Balaban J connectivity index is 1.60. The van der Waals surface area contributed by atoms with E-state index in [1.807, 2.05) is 0 Å². The molecule has 1 aromatic heterocycles. The van der Waals surface area contributed by atoms with Crippen LogP contribution in [0.2, 0.25) is 0 Å². The number of nitrogens with one attached hydrogen (secondary N) is 2. The van der Waals surface area contributed by atoms with E-state index in [9.17, 15) is 14.0 Å². The van der Waals surface area contributed by atoms with Gasteiger partial charge in [-0.05, 0) is 34.2 Å². The number of hydrogen-bond acceptors (Lipinski definition) is 6. The van der Waals surface area contributed by atoms with Gasteiger partial charge in [-0.2, -0.15) is 0 Å². The van der Waals surface area contributed by atoms with E-state index in [4.69, 9.17) is 0 Å². The first kappa shape index (κ1) is 16.4. The molecule has 0 saturated carbocycles. The van der Waals surface area contributed by atoms with Crippen molar-refractivity contribution in [2.45, 2.75) is 17.5 Å². The van der Waals surface area contributed by atoms with Crippen molar-refractivity contribution in [3.8, 4) is 0 Å². The monoisotopic (exact) mass is 350 g/mol. The lowest BCUT2D eigenvalue weighted by atomic mass is 9.89. The third-order valence-electron chi connectivity index (χ3n) is 3.58. The molecule has 1 atom stereocenters. The molecule has 24 heavy (non-hydrogen) atoms. The highest BCUT2D eigenvalue weighted by Gasteiger charge is 2.30. The van der Waals surface area contributed by atoms with Crippen LogP contribution in [0, 0.1) is 5.82 Å². The van der Waals surface area contributed by atoms with E-state index < -0.39 is 11.7 Å². The van der Waals surface area contributed by atoms with E-state index in [0.29, 0.717) is 28.7 Å². The zero-order valence-electron chi connectivity index (χ0n) is 12.8. The van der Waals surface area contributed by atoms with Crippen LogP contribution in [0.3, 0.4) is 0 Å². The number of nitrogens with zero attached hydrogens (tertiary/aromatic N) is 4. The Kier molecular flexibility index (Phi) is 4.74. The quantitative estimate of drug-likeness (QED) is 0.607. The predicted octanol–water partition coefficient (Wildman–Crippen LogP) is 0.683. The fourth-order valence-electron chi connectivity index (χ4n) is 2.45. The van der Waals surface area contributed by atoms with Crippen molar-refractivity contribution in [2.24, 2.45) is 7.05 Å². The molecular formula is C14H15FN6O2S. The summed E-state index contributed by atoms with van der Waals surface area (Å²) >= 11 is 1.40. The molecule has 0 spiro atoms. The number of aryl methyl sites for hydroxylation is 1. The number of rotatable bonds is 5. The molecule has 1 aromatic carbocycles. The summed E-state index contributed by atoms with van der Waals surface area (Å²) in [7, 11) is 1.73. The van der Waals surface area contributed by atoms with Crippen LogP contribution in [-0.2, 0) is 16.6 Å². The fraction of sp³-hybridized carbons (Fsp3) is 0.357. The number of carbonyl (C=O) groups excluding carboxylic acids is 2. The Morgan fingerprint density at radius 1 is 1.54 bits per heavy atom. The van der Waals surface area contributed by atoms with Gasteiger partial charge in [0.2, 0.25) is 17.0 Å². The fourth-order valence-corrected chi connectivity index (χ4v) is 3.15. The van der Waals surface area contributed by atoms with Crippen LogP contribution in [0.5, 0.6) is 0 Å². The second-order valence-corrected chi connectivity index (χ2v) is 6.32. The van der Waals surface area contributed by atoms with Gasteiger partial charge in [0, 0.05) is 31.5 Å². The number of halogens is 1. The number of tetrazole rings is 1. The second-order valence-electron chi connectivity index (χ2n) is 5.26. The van der Waals surface area contributed by atoms with Crippen LogP contribution in [0.15, 0.2) is 23.4 Å². The van der Waals surface area contributed by atoms with Gasteiger partial charge in [0.25, 0.3) is 0 Å². The lowest BCUT2D eigenvalue weighted by molar-refractivity contribution is -0.126.